The molecular weight excluding hydrogens is 375 g/mol. The molecule has 0 aliphatic carbocycles. The van der Waals surface area contributed by atoms with Crippen molar-refractivity contribution in [3.05, 3.63) is 29.8 Å². The first-order valence-corrected chi connectivity index (χ1v) is 9.63. The van der Waals surface area contributed by atoms with Crippen molar-refractivity contribution in [1.29, 1.82) is 0 Å². The Labute approximate surface area is 163 Å². The van der Waals surface area contributed by atoms with Crippen molar-refractivity contribution in [2.45, 2.75) is 51.7 Å². The van der Waals surface area contributed by atoms with E-state index in [0.29, 0.717) is 23.9 Å². The minimum atomic E-state index is -4.39. The molecule has 0 unspecified atom stereocenters. The molecule has 4 nitrogen and oxygen atoms in total. The Morgan fingerprint density at radius 3 is 2.56 bits per heavy atom. The average molecular weight is 401 g/mol. The second-order valence-corrected chi connectivity index (χ2v) is 7.18. The van der Waals surface area contributed by atoms with Gasteiger partial charge in [0.1, 0.15) is 0 Å². The van der Waals surface area contributed by atoms with Gasteiger partial charge in [-0.15, -0.1) is 0 Å². The van der Waals surface area contributed by atoms with Gasteiger partial charge in [-0.25, -0.2) is 0 Å². The van der Waals surface area contributed by atoms with E-state index in [1.807, 2.05) is 4.90 Å². The third-order valence-corrected chi connectivity index (χ3v) is 5.14. The van der Waals surface area contributed by atoms with Crippen LogP contribution in [0.2, 0.25) is 0 Å². The SMILES string of the molecule is CCCCN(C(=S)Nc1cccc(C(F)(F)F)c1)C1CCN(C(C)=O)CC1. The van der Waals surface area contributed by atoms with Crippen LogP contribution >= 0.6 is 12.2 Å². The molecule has 0 bridgehead atoms. The molecule has 1 aliphatic rings. The first kappa shape index (κ1) is 21.5. The van der Waals surface area contributed by atoms with E-state index in [4.69, 9.17) is 12.2 Å². The Morgan fingerprint density at radius 1 is 1.33 bits per heavy atom. The lowest BCUT2D eigenvalue weighted by molar-refractivity contribution is -0.137. The Bertz CT molecular complexity index is 658. The number of anilines is 1. The zero-order chi connectivity index (χ0) is 20.0. The zero-order valence-electron chi connectivity index (χ0n) is 15.7. The molecule has 1 saturated heterocycles. The third kappa shape index (κ3) is 6.09. The van der Waals surface area contributed by atoms with Crippen molar-refractivity contribution in [3.63, 3.8) is 0 Å². The van der Waals surface area contributed by atoms with Gasteiger partial charge < -0.3 is 15.1 Å². The minimum Gasteiger partial charge on any atom is -0.346 e. The number of carbonyl (C=O) groups is 1. The molecule has 150 valence electrons. The first-order valence-electron chi connectivity index (χ1n) is 9.22. The molecule has 1 aliphatic heterocycles. The number of unbranched alkanes of at least 4 members (excludes halogenated alkanes) is 1. The van der Waals surface area contributed by atoms with E-state index in [9.17, 15) is 18.0 Å². The number of rotatable bonds is 5. The summed E-state index contributed by atoms with van der Waals surface area (Å²) < 4.78 is 38.8. The maximum Gasteiger partial charge on any atom is 0.416 e. The van der Waals surface area contributed by atoms with Gasteiger partial charge in [0.25, 0.3) is 0 Å². The number of alkyl halides is 3. The van der Waals surface area contributed by atoms with Crippen LogP contribution in [0.15, 0.2) is 24.3 Å². The summed E-state index contributed by atoms with van der Waals surface area (Å²) in [5.74, 6) is 0.0678. The van der Waals surface area contributed by atoms with Crippen LogP contribution in [0.1, 0.15) is 45.1 Å². The Morgan fingerprint density at radius 2 is 2.00 bits per heavy atom. The quantitative estimate of drug-likeness (QED) is 0.736. The van der Waals surface area contributed by atoms with Crippen LogP contribution in [0, 0.1) is 0 Å². The highest BCUT2D eigenvalue weighted by molar-refractivity contribution is 7.80. The number of halogens is 3. The van der Waals surface area contributed by atoms with Crippen molar-refractivity contribution in [2.75, 3.05) is 25.0 Å². The lowest BCUT2D eigenvalue weighted by Gasteiger charge is -2.39. The van der Waals surface area contributed by atoms with Gasteiger partial charge in [-0.05, 0) is 49.7 Å². The van der Waals surface area contributed by atoms with Crippen LogP contribution in [0.25, 0.3) is 0 Å². The third-order valence-electron chi connectivity index (χ3n) is 4.81. The monoisotopic (exact) mass is 401 g/mol. The molecule has 1 fully saturated rings. The lowest BCUT2D eigenvalue weighted by atomic mass is 10.0. The number of hydrogen-bond acceptors (Lipinski definition) is 2. The number of benzene rings is 1. The summed E-state index contributed by atoms with van der Waals surface area (Å²) in [5.41, 5.74) is -0.373. The number of piperidine rings is 1. The molecule has 1 N–H and O–H groups in total. The molecule has 2 rings (SSSR count). The van der Waals surface area contributed by atoms with Gasteiger partial charge in [-0.3, -0.25) is 4.79 Å². The summed E-state index contributed by atoms with van der Waals surface area (Å²) in [7, 11) is 0. The molecule has 27 heavy (non-hydrogen) atoms. The molecule has 0 aromatic heterocycles. The Balaban J connectivity index is 2.08. The van der Waals surface area contributed by atoms with Crippen LogP contribution in [0.3, 0.4) is 0 Å². The molecular formula is C19H26F3N3OS. The lowest BCUT2D eigenvalue weighted by Crippen LogP contribution is -2.49. The van der Waals surface area contributed by atoms with Gasteiger partial charge in [0, 0.05) is 38.3 Å². The normalized spacial score (nSPS) is 15.5. The molecule has 0 saturated carbocycles. The van der Waals surface area contributed by atoms with Crippen LogP contribution in [0.4, 0.5) is 18.9 Å². The van der Waals surface area contributed by atoms with E-state index in [2.05, 4.69) is 17.1 Å². The van der Waals surface area contributed by atoms with Crippen molar-refractivity contribution in [1.82, 2.24) is 9.80 Å². The molecule has 1 aromatic rings. The topological polar surface area (TPSA) is 35.6 Å². The van der Waals surface area contributed by atoms with Gasteiger partial charge in [0.15, 0.2) is 5.11 Å². The van der Waals surface area contributed by atoms with E-state index >= 15 is 0 Å². The van der Waals surface area contributed by atoms with Gasteiger partial charge in [0.05, 0.1) is 5.56 Å². The molecule has 1 heterocycles. The fourth-order valence-corrected chi connectivity index (χ4v) is 3.60. The highest BCUT2D eigenvalue weighted by Crippen LogP contribution is 2.31. The maximum absolute atomic E-state index is 12.9. The second kappa shape index (κ2) is 9.39. The van der Waals surface area contributed by atoms with Crippen LogP contribution < -0.4 is 5.32 Å². The van der Waals surface area contributed by atoms with Crippen LogP contribution in [0.5, 0.6) is 0 Å². The standard InChI is InChI=1S/C19H26F3N3OS/c1-3-4-10-25(17-8-11-24(12-9-17)14(2)26)18(27)23-16-7-5-6-15(13-16)19(20,21)22/h5-7,13,17H,3-4,8-12H2,1-2H3,(H,23,27). The van der Waals surface area contributed by atoms with E-state index in [0.717, 1.165) is 44.4 Å². The van der Waals surface area contributed by atoms with Gasteiger partial charge in [-0.1, -0.05) is 19.4 Å². The first-order chi connectivity index (χ1) is 12.7. The highest BCUT2D eigenvalue weighted by atomic mass is 32.1. The van der Waals surface area contributed by atoms with Crippen molar-refractivity contribution < 1.29 is 18.0 Å². The number of likely N-dealkylation sites (tertiary alicyclic amines) is 1. The van der Waals surface area contributed by atoms with Gasteiger partial charge in [0.2, 0.25) is 5.91 Å². The summed E-state index contributed by atoms with van der Waals surface area (Å²) in [4.78, 5) is 15.4. The second-order valence-electron chi connectivity index (χ2n) is 6.79. The predicted molar refractivity (Wildman–Crippen MR) is 105 cm³/mol. The molecule has 8 heteroatoms. The minimum absolute atomic E-state index is 0.0678. The number of nitrogens with one attached hydrogen (secondary N) is 1. The van der Waals surface area contributed by atoms with E-state index in [1.54, 1.807) is 13.0 Å². The van der Waals surface area contributed by atoms with E-state index < -0.39 is 11.7 Å². The summed E-state index contributed by atoms with van der Waals surface area (Å²) in [6.45, 7) is 5.74. The zero-order valence-corrected chi connectivity index (χ0v) is 16.5. The van der Waals surface area contributed by atoms with Crippen LogP contribution in [-0.4, -0.2) is 46.5 Å². The maximum atomic E-state index is 12.9. The number of hydrogen-bond donors (Lipinski definition) is 1. The van der Waals surface area contributed by atoms with Crippen molar-refractivity contribution in [2.24, 2.45) is 0 Å². The smallest absolute Gasteiger partial charge is 0.346 e. The fraction of sp³-hybridized carbons (Fsp3) is 0.579. The molecule has 1 aromatic carbocycles. The summed E-state index contributed by atoms with van der Waals surface area (Å²) in [6.07, 6.45) is -0.853. The van der Waals surface area contributed by atoms with Crippen molar-refractivity contribution in [3.8, 4) is 0 Å². The highest BCUT2D eigenvalue weighted by Gasteiger charge is 2.31. The van der Waals surface area contributed by atoms with Gasteiger partial charge >= 0.3 is 6.18 Å². The van der Waals surface area contributed by atoms with Gasteiger partial charge in [-0.2, -0.15) is 13.2 Å². The van der Waals surface area contributed by atoms with Crippen molar-refractivity contribution >= 4 is 28.9 Å². The molecule has 1 amide bonds. The summed E-state index contributed by atoms with van der Waals surface area (Å²) in [5, 5.41) is 3.41. The fourth-order valence-electron chi connectivity index (χ4n) is 3.24. The molecule has 0 spiro atoms. The Hall–Kier alpha value is -1.83. The number of carbonyl (C=O) groups excluding carboxylic acids is 1. The average Bonchev–Trinajstić information content (AvgIpc) is 2.62. The Kier molecular flexibility index (Phi) is 7.47. The van der Waals surface area contributed by atoms with E-state index in [1.165, 1.54) is 6.07 Å². The largest absolute Gasteiger partial charge is 0.416 e. The van der Waals surface area contributed by atoms with E-state index in [-0.39, 0.29) is 11.9 Å². The summed E-state index contributed by atoms with van der Waals surface area (Å²) in [6, 6.07) is 5.24. The van der Waals surface area contributed by atoms with Crippen LogP contribution in [-0.2, 0) is 11.0 Å². The summed E-state index contributed by atoms with van der Waals surface area (Å²) >= 11 is 5.52. The predicted octanol–water partition coefficient (Wildman–Crippen LogP) is 4.52. The molecule has 0 radical (unpaired) electrons. The number of amides is 1. The molecule has 0 atom stereocenters. The number of nitrogens with zero attached hydrogens (tertiary/aromatic N) is 2. The number of thiocarbonyl (C=S) groups is 1.